The van der Waals surface area contributed by atoms with Crippen molar-refractivity contribution in [2.75, 3.05) is 59.5 Å². The van der Waals surface area contributed by atoms with Crippen molar-refractivity contribution in [1.29, 1.82) is 0 Å². The van der Waals surface area contributed by atoms with E-state index < -0.39 is 23.1 Å². The zero-order valence-corrected chi connectivity index (χ0v) is 22.6. The lowest BCUT2D eigenvalue weighted by atomic mass is 9.91. The third kappa shape index (κ3) is 6.46. The van der Waals surface area contributed by atoms with Crippen molar-refractivity contribution in [2.24, 2.45) is 0 Å². The summed E-state index contributed by atoms with van der Waals surface area (Å²) in [5.41, 5.74) is 1.15. The Hall–Kier alpha value is -4.18. The van der Waals surface area contributed by atoms with E-state index in [0.29, 0.717) is 29.4 Å². The maximum atomic E-state index is 12.8. The summed E-state index contributed by atoms with van der Waals surface area (Å²) in [6.45, 7) is 3.51. The monoisotopic (exact) mass is 538 g/mol. The number of benzene rings is 2. The number of hydrogen-bond acceptors (Lipinski definition) is 10. The van der Waals surface area contributed by atoms with Crippen molar-refractivity contribution in [3.63, 3.8) is 0 Å². The molecule has 1 aromatic heterocycles. The number of carbonyl (C=O) groups is 1. The first-order chi connectivity index (χ1) is 18.9. The normalized spacial score (nSPS) is 14.5. The highest BCUT2D eigenvalue weighted by Crippen LogP contribution is 2.38. The molecule has 39 heavy (non-hydrogen) atoms. The number of nitrogens with zero attached hydrogens (tertiary/aromatic N) is 2. The van der Waals surface area contributed by atoms with Crippen LogP contribution in [0.2, 0.25) is 0 Å². The molecule has 0 saturated carbocycles. The topological polar surface area (TPSA) is 111 Å². The average molecular weight is 539 g/mol. The summed E-state index contributed by atoms with van der Waals surface area (Å²) in [5.74, 6) is 0.339. The zero-order chi connectivity index (χ0) is 27.9. The average Bonchev–Trinajstić information content (AvgIpc) is 2.97. The van der Waals surface area contributed by atoms with Gasteiger partial charge in [-0.3, -0.25) is 14.5 Å². The van der Waals surface area contributed by atoms with Crippen LogP contribution in [-0.4, -0.2) is 70.6 Å². The van der Waals surface area contributed by atoms with Gasteiger partial charge in [0.25, 0.3) is 0 Å². The minimum Gasteiger partial charge on any atom is -0.502 e. The molecule has 1 saturated heterocycles. The van der Waals surface area contributed by atoms with Crippen LogP contribution in [0.3, 0.4) is 0 Å². The van der Waals surface area contributed by atoms with Crippen LogP contribution in [0.4, 0.5) is 5.69 Å². The molecule has 4 rings (SSSR count). The molecule has 208 valence electrons. The van der Waals surface area contributed by atoms with Gasteiger partial charge in [-0.1, -0.05) is 6.07 Å². The quantitative estimate of drug-likeness (QED) is 0.386. The van der Waals surface area contributed by atoms with Gasteiger partial charge in [-0.15, -0.1) is 0 Å². The molecule has 1 atom stereocenters. The van der Waals surface area contributed by atoms with Crippen LogP contribution in [0.25, 0.3) is 0 Å². The number of esters is 1. The Morgan fingerprint density at radius 2 is 1.62 bits per heavy atom. The number of aromatic hydroxyl groups is 1. The first-order valence-corrected chi connectivity index (χ1v) is 12.6. The van der Waals surface area contributed by atoms with Gasteiger partial charge in [0.1, 0.15) is 11.5 Å². The van der Waals surface area contributed by atoms with Gasteiger partial charge >= 0.3 is 5.97 Å². The van der Waals surface area contributed by atoms with Crippen LogP contribution in [0.5, 0.6) is 23.0 Å². The molecule has 10 nitrogen and oxygen atoms in total. The van der Waals surface area contributed by atoms with Gasteiger partial charge in [0, 0.05) is 37.9 Å². The number of piperazine rings is 1. The minimum atomic E-state index is -0.781. The van der Waals surface area contributed by atoms with Crippen LogP contribution in [0, 0.1) is 0 Å². The van der Waals surface area contributed by atoms with Gasteiger partial charge in [0.05, 0.1) is 47.3 Å². The molecule has 0 spiro atoms. The standard InChI is InChI=1S/C29H34N2O8/c1-35-21-8-6-20(7-9-21)31-13-11-30(12-14-31)18-22-16-24(32)28(34)29(39-22)23(17-27(33)38-4)19-5-10-25(36-2)26(15-19)37-3/h5-10,15-16,23,34H,11-14,17-18H2,1-4H3. The van der Waals surface area contributed by atoms with Gasteiger partial charge in [0.2, 0.25) is 11.2 Å². The van der Waals surface area contributed by atoms with E-state index in [2.05, 4.69) is 9.80 Å². The van der Waals surface area contributed by atoms with Gasteiger partial charge < -0.3 is 33.4 Å². The van der Waals surface area contributed by atoms with E-state index in [-0.39, 0.29) is 12.2 Å². The van der Waals surface area contributed by atoms with Gasteiger partial charge in [-0.2, -0.15) is 0 Å². The van der Waals surface area contributed by atoms with Crippen molar-refractivity contribution in [2.45, 2.75) is 18.9 Å². The second kappa shape index (κ2) is 12.6. The van der Waals surface area contributed by atoms with E-state index in [1.54, 1.807) is 25.3 Å². The highest BCUT2D eigenvalue weighted by molar-refractivity contribution is 5.71. The Kier molecular flexibility index (Phi) is 8.98. The zero-order valence-electron chi connectivity index (χ0n) is 22.6. The predicted molar refractivity (Wildman–Crippen MR) is 145 cm³/mol. The number of carbonyl (C=O) groups excluding carboxylic acids is 1. The molecule has 0 aliphatic carbocycles. The Morgan fingerprint density at radius 1 is 0.923 bits per heavy atom. The Bertz CT molecular complexity index is 1330. The van der Waals surface area contributed by atoms with Crippen molar-refractivity contribution in [1.82, 2.24) is 4.90 Å². The molecule has 0 amide bonds. The molecule has 2 aromatic carbocycles. The molecule has 0 bridgehead atoms. The summed E-state index contributed by atoms with van der Waals surface area (Å²) in [4.78, 5) is 29.6. The molecule has 1 fully saturated rings. The van der Waals surface area contributed by atoms with E-state index >= 15 is 0 Å². The summed E-state index contributed by atoms with van der Waals surface area (Å²) in [6, 6.07) is 14.4. The molecule has 10 heteroatoms. The fraction of sp³-hybridized carbons (Fsp3) is 0.379. The summed E-state index contributed by atoms with van der Waals surface area (Å²) in [6.07, 6.45) is -0.146. The van der Waals surface area contributed by atoms with E-state index in [4.69, 9.17) is 23.4 Å². The first kappa shape index (κ1) is 27.8. The maximum absolute atomic E-state index is 12.8. The molecule has 0 radical (unpaired) electrons. The highest BCUT2D eigenvalue weighted by atomic mass is 16.5. The predicted octanol–water partition coefficient (Wildman–Crippen LogP) is 3.39. The largest absolute Gasteiger partial charge is 0.502 e. The lowest BCUT2D eigenvalue weighted by Crippen LogP contribution is -2.46. The molecular weight excluding hydrogens is 504 g/mol. The molecular formula is C29H34N2O8. The van der Waals surface area contributed by atoms with Crippen LogP contribution in [0.15, 0.2) is 57.7 Å². The molecule has 1 aliphatic heterocycles. The second-order valence-corrected chi connectivity index (χ2v) is 9.20. The molecule has 1 N–H and O–H groups in total. The fourth-order valence-corrected chi connectivity index (χ4v) is 4.73. The maximum Gasteiger partial charge on any atom is 0.306 e. The summed E-state index contributed by atoms with van der Waals surface area (Å²) < 4.78 is 27.0. The molecule has 3 aromatic rings. The van der Waals surface area contributed by atoms with Crippen LogP contribution in [-0.2, 0) is 16.1 Å². The second-order valence-electron chi connectivity index (χ2n) is 9.20. The van der Waals surface area contributed by atoms with Crippen LogP contribution < -0.4 is 24.5 Å². The Balaban J connectivity index is 1.56. The van der Waals surface area contributed by atoms with Crippen molar-refractivity contribution in [3.8, 4) is 23.0 Å². The molecule has 1 aliphatic rings. The van der Waals surface area contributed by atoms with Crippen LogP contribution >= 0.6 is 0 Å². The number of hydrogen-bond donors (Lipinski definition) is 1. The van der Waals surface area contributed by atoms with E-state index in [1.165, 1.54) is 27.4 Å². The first-order valence-electron chi connectivity index (χ1n) is 12.6. The third-order valence-corrected chi connectivity index (χ3v) is 6.91. The van der Waals surface area contributed by atoms with Gasteiger partial charge in [-0.25, -0.2) is 0 Å². The summed E-state index contributed by atoms with van der Waals surface area (Å²) in [5, 5.41) is 10.7. The summed E-state index contributed by atoms with van der Waals surface area (Å²) in [7, 11) is 5.95. The fourth-order valence-electron chi connectivity index (χ4n) is 4.73. The Labute approximate surface area is 227 Å². The highest BCUT2D eigenvalue weighted by Gasteiger charge is 2.28. The number of rotatable bonds is 10. The third-order valence-electron chi connectivity index (χ3n) is 6.91. The smallest absolute Gasteiger partial charge is 0.306 e. The lowest BCUT2D eigenvalue weighted by Gasteiger charge is -2.36. The van der Waals surface area contributed by atoms with Gasteiger partial charge in [-0.05, 0) is 42.0 Å². The van der Waals surface area contributed by atoms with Crippen molar-refractivity contribution >= 4 is 11.7 Å². The van der Waals surface area contributed by atoms with Gasteiger partial charge in [0.15, 0.2) is 17.3 Å². The van der Waals surface area contributed by atoms with E-state index in [9.17, 15) is 14.7 Å². The Morgan fingerprint density at radius 3 is 2.23 bits per heavy atom. The number of anilines is 1. The van der Waals surface area contributed by atoms with Crippen molar-refractivity contribution < 1.29 is 33.3 Å². The number of methoxy groups -OCH3 is 4. The SMILES string of the molecule is COC(=O)CC(c1ccc(OC)c(OC)c1)c1oc(CN2CCN(c3ccc(OC)cc3)CC2)cc(=O)c1O. The van der Waals surface area contributed by atoms with Crippen LogP contribution in [0.1, 0.15) is 29.4 Å². The van der Waals surface area contributed by atoms with E-state index in [0.717, 1.165) is 37.6 Å². The van der Waals surface area contributed by atoms with Crippen molar-refractivity contribution in [3.05, 3.63) is 75.8 Å². The minimum absolute atomic E-state index is 0.00647. The molecule has 1 unspecified atom stereocenters. The number of ether oxygens (including phenoxy) is 4. The summed E-state index contributed by atoms with van der Waals surface area (Å²) >= 11 is 0. The lowest BCUT2D eigenvalue weighted by molar-refractivity contribution is -0.140. The molecule has 2 heterocycles. The van der Waals surface area contributed by atoms with E-state index in [1.807, 2.05) is 24.3 Å².